The van der Waals surface area contributed by atoms with Gasteiger partial charge in [0, 0.05) is 26.2 Å². The van der Waals surface area contributed by atoms with E-state index >= 15 is 0 Å². The van der Waals surface area contributed by atoms with Crippen molar-refractivity contribution in [1.82, 2.24) is 24.1 Å². The van der Waals surface area contributed by atoms with Crippen molar-refractivity contribution in [2.75, 3.05) is 33.2 Å². The van der Waals surface area contributed by atoms with Crippen LogP contribution in [0.3, 0.4) is 0 Å². The third-order valence-electron chi connectivity index (χ3n) is 5.57. The van der Waals surface area contributed by atoms with Gasteiger partial charge < -0.3 is 9.80 Å². The predicted octanol–water partition coefficient (Wildman–Crippen LogP) is 1.28. The average Bonchev–Trinajstić information content (AvgIpc) is 2.78. The van der Waals surface area contributed by atoms with E-state index in [1.807, 2.05) is 38.2 Å². The molecule has 0 spiro atoms. The molecule has 4 rings (SSSR count). The van der Waals surface area contributed by atoms with Gasteiger partial charge in [-0.25, -0.2) is 9.18 Å². The summed E-state index contributed by atoms with van der Waals surface area (Å²) in [6.07, 6.45) is 0. The quantitative estimate of drug-likeness (QED) is 0.614. The Bertz CT molecular complexity index is 1260. The van der Waals surface area contributed by atoms with Crippen molar-refractivity contribution >= 4 is 5.91 Å². The number of carbonyl (C=O) groups excluding carboxylic acids is 1. The average molecular weight is 437 g/mol. The standard InChI is InChI=1S/C23H24FN5O3/c1-16-6-8-17(9-7-16)15-28-22(31)20(21(30)27-12-10-26(2)11-13-27)25-29(23(28)32)19-5-3-4-18(24)14-19/h3-9,14H,10-13,15H2,1-2H3. The van der Waals surface area contributed by atoms with Gasteiger partial charge in [-0.1, -0.05) is 35.9 Å². The molecule has 1 aromatic heterocycles. The normalized spacial score (nSPS) is 14.5. The highest BCUT2D eigenvalue weighted by Crippen LogP contribution is 2.09. The molecule has 0 bridgehead atoms. The summed E-state index contributed by atoms with van der Waals surface area (Å²) in [6, 6.07) is 12.7. The van der Waals surface area contributed by atoms with Gasteiger partial charge >= 0.3 is 5.69 Å². The van der Waals surface area contributed by atoms with Crippen molar-refractivity contribution in [3.8, 4) is 5.69 Å². The van der Waals surface area contributed by atoms with Crippen molar-refractivity contribution < 1.29 is 9.18 Å². The highest BCUT2D eigenvalue weighted by atomic mass is 19.1. The third kappa shape index (κ3) is 4.38. The minimum absolute atomic E-state index is 0.0290. The Morgan fingerprint density at radius 2 is 1.72 bits per heavy atom. The number of rotatable bonds is 4. The van der Waals surface area contributed by atoms with Crippen molar-refractivity contribution in [2.24, 2.45) is 0 Å². The fraction of sp³-hybridized carbons (Fsp3) is 0.304. The number of hydrogen-bond donors (Lipinski definition) is 0. The number of amides is 1. The van der Waals surface area contributed by atoms with Crippen LogP contribution in [0.1, 0.15) is 21.6 Å². The van der Waals surface area contributed by atoms with Crippen molar-refractivity contribution in [3.05, 3.63) is 92.0 Å². The molecule has 0 aliphatic carbocycles. The van der Waals surface area contributed by atoms with Crippen LogP contribution in [0, 0.1) is 12.7 Å². The van der Waals surface area contributed by atoms with Gasteiger partial charge in [0.25, 0.3) is 11.5 Å². The van der Waals surface area contributed by atoms with Crippen LogP contribution in [0.15, 0.2) is 58.1 Å². The largest absolute Gasteiger partial charge is 0.352 e. The zero-order valence-corrected chi connectivity index (χ0v) is 18.0. The maximum Gasteiger partial charge on any atom is 0.352 e. The van der Waals surface area contributed by atoms with Gasteiger partial charge in [-0.15, -0.1) is 0 Å². The molecule has 0 N–H and O–H groups in total. The number of nitrogens with zero attached hydrogens (tertiary/aromatic N) is 5. The minimum atomic E-state index is -0.757. The van der Waals surface area contributed by atoms with Gasteiger partial charge in [0.1, 0.15) is 5.82 Å². The van der Waals surface area contributed by atoms with E-state index in [9.17, 15) is 18.8 Å². The first kappa shape index (κ1) is 21.6. The number of hydrogen-bond acceptors (Lipinski definition) is 5. The van der Waals surface area contributed by atoms with E-state index in [1.54, 1.807) is 4.90 Å². The lowest BCUT2D eigenvalue weighted by atomic mass is 10.1. The Kier molecular flexibility index (Phi) is 6.00. The molecule has 0 radical (unpaired) electrons. The summed E-state index contributed by atoms with van der Waals surface area (Å²) in [5.41, 5.74) is 0.0533. The molecule has 1 aliphatic heterocycles. The summed E-state index contributed by atoms with van der Waals surface area (Å²) in [5, 5.41) is 4.09. The van der Waals surface area contributed by atoms with Crippen LogP contribution in [-0.2, 0) is 6.54 Å². The van der Waals surface area contributed by atoms with Crippen LogP contribution in [0.2, 0.25) is 0 Å². The summed E-state index contributed by atoms with van der Waals surface area (Å²) in [4.78, 5) is 43.2. The van der Waals surface area contributed by atoms with Crippen LogP contribution in [0.5, 0.6) is 0 Å². The zero-order valence-electron chi connectivity index (χ0n) is 18.0. The van der Waals surface area contributed by atoms with Gasteiger partial charge in [-0.2, -0.15) is 9.78 Å². The Labute approximate surface area is 184 Å². The first-order valence-corrected chi connectivity index (χ1v) is 10.4. The molecule has 1 amide bonds. The number of aryl methyl sites for hydroxylation is 1. The van der Waals surface area contributed by atoms with Gasteiger partial charge in [-0.3, -0.25) is 14.2 Å². The number of piperazine rings is 1. The second kappa shape index (κ2) is 8.88. The lowest BCUT2D eigenvalue weighted by Crippen LogP contribution is -2.51. The van der Waals surface area contributed by atoms with Crippen LogP contribution < -0.4 is 11.2 Å². The Balaban J connectivity index is 1.84. The lowest BCUT2D eigenvalue weighted by Gasteiger charge is -2.32. The maximum absolute atomic E-state index is 13.8. The molecule has 1 fully saturated rings. The molecule has 2 heterocycles. The van der Waals surface area contributed by atoms with Gasteiger partial charge in [-0.05, 0) is 37.7 Å². The molecule has 2 aromatic carbocycles. The number of likely N-dealkylation sites (N-methyl/N-ethyl adjacent to an activating group) is 1. The Morgan fingerprint density at radius 1 is 1.03 bits per heavy atom. The highest BCUT2D eigenvalue weighted by molar-refractivity contribution is 5.92. The number of benzene rings is 2. The van der Waals surface area contributed by atoms with E-state index in [2.05, 4.69) is 10.00 Å². The first-order valence-electron chi connectivity index (χ1n) is 10.4. The predicted molar refractivity (Wildman–Crippen MR) is 118 cm³/mol. The third-order valence-corrected chi connectivity index (χ3v) is 5.57. The summed E-state index contributed by atoms with van der Waals surface area (Å²) in [6.45, 7) is 4.16. The van der Waals surface area contributed by atoms with Crippen molar-refractivity contribution in [1.29, 1.82) is 0 Å². The minimum Gasteiger partial charge on any atom is -0.335 e. The lowest BCUT2D eigenvalue weighted by molar-refractivity contribution is 0.0652. The zero-order chi connectivity index (χ0) is 22.8. The van der Waals surface area contributed by atoms with Crippen LogP contribution in [0.25, 0.3) is 5.69 Å². The molecule has 9 heteroatoms. The van der Waals surface area contributed by atoms with Crippen LogP contribution in [0.4, 0.5) is 4.39 Å². The monoisotopic (exact) mass is 437 g/mol. The molecule has 0 saturated carbocycles. The maximum atomic E-state index is 13.8. The molecule has 0 atom stereocenters. The van der Waals surface area contributed by atoms with Crippen LogP contribution in [-0.4, -0.2) is 63.3 Å². The van der Waals surface area contributed by atoms with Gasteiger partial charge in [0.2, 0.25) is 5.69 Å². The Hall–Kier alpha value is -3.59. The topological polar surface area (TPSA) is 80.4 Å². The number of carbonyl (C=O) groups is 1. The Morgan fingerprint density at radius 3 is 2.38 bits per heavy atom. The van der Waals surface area contributed by atoms with Gasteiger partial charge in [0.15, 0.2) is 0 Å². The summed E-state index contributed by atoms with van der Waals surface area (Å²) in [7, 11) is 1.96. The molecule has 0 unspecified atom stereocenters. The molecule has 1 saturated heterocycles. The fourth-order valence-electron chi connectivity index (χ4n) is 3.60. The number of aromatic nitrogens is 3. The van der Waals surface area contributed by atoms with E-state index in [1.165, 1.54) is 18.2 Å². The number of halogens is 1. The van der Waals surface area contributed by atoms with Crippen LogP contribution >= 0.6 is 0 Å². The molecular formula is C23H24FN5O3. The summed E-state index contributed by atoms with van der Waals surface area (Å²) >= 11 is 0. The SMILES string of the molecule is Cc1ccc(Cn2c(=O)c(C(=O)N3CCN(C)CC3)nn(-c3cccc(F)c3)c2=O)cc1. The second-order valence-electron chi connectivity index (χ2n) is 8.00. The molecule has 32 heavy (non-hydrogen) atoms. The highest BCUT2D eigenvalue weighted by Gasteiger charge is 2.27. The van der Waals surface area contributed by atoms with E-state index in [4.69, 9.17) is 0 Å². The summed E-state index contributed by atoms with van der Waals surface area (Å²) < 4.78 is 15.7. The van der Waals surface area contributed by atoms with Crippen molar-refractivity contribution in [3.63, 3.8) is 0 Å². The van der Waals surface area contributed by atoms with E-state index in [0.29, 0.717) is 26.2 Å². The first-order chi connectivity index (χ1) is 15.3. The van der Waals surface area contributed by atoms with Gasteiger partial charge in [0.05, 0.1) is 12.2 Å². The summed E-state index contributed by atoms with van der Waals surface area (Å²) in [5.74, 6) is -1.09. The van der Waals surface area contributed by atoms with E-state index in [0.717, 1.165) is 26.4 Å². The second-order valence-corrected chi connectivity index (χ2v) is 8.00. The molecular weight excluding hydrogens is 413 g/mol. The fourth-order valence-corrected chi connectivity index (χ4v) is 3.60. The molecule has 8 nitrogen and oxygen atoms in total. The van der Waals surface area contributed by atoms with E-state index in [-0.39, 0.29) is 17.9 Å². The molecule has 166 valence electrons. The molecule has 3 aromatic rings. The van der Waals surface area contributed by atoms with E-state index < -0.39 is 23.0 Å². The van der Waals surface area contributed by atoms with Crippen molar-refractivity contribution in [2.45, 2.75) is 13.5 Å². The molecule has 1 aliphatic rings. The smallest absolute Gasteiger partial charge is 0.335 e.